The van der Waals surface area contributed by atoms with Crippen LogP contribution in [-0.2, 0) is 0 Å². The molecule has 66 valence electrons. The highest BCUT2D eigenvalue weighted by Crippen LogP contribution is 2.28. The maximum absolute atomic E-state index is 3.72. The highest BCUT2D eigenvalue weighted by molar-refractivity contribution is 8.76. The van der Waals surface area contributed by atoms with Crippen molar-refractivity contribution in [2.75, 3.05) is 11.5 Å². The molecule has 0 aromatic carbocycles. The standard InChI is InChI=1S/C4H4N2.C4H8S2/c1-2-6-4-3-5-1;1-2-4-6-5-3-1/h1-4H;1-4H2. The van der Waals surface area contributed by atoms with Gasteiger partial charge < -0.3 is 0 Å². The summed E-state index contributed by atoms with van der Waals surface area (Å²) in [5, 5.41) is 0. The lowest BCUT2D eigenvalue weighted by atomic mass is 10.4. The van der Waals surface area contributed by atoms with E-state index in [1.807, 2.05) is 21.6 Å². The van der Waals surface area contributed by atoms with E-state index in [2.05, 4.69) is 9.97 Å². The van der Waals surface area contributed by atoms with Crippen molar-refractivity contribution in [3.8, 4) is 0 Å². The van der Waals surface area contributed by atoms with Crippen LogP contribution in [0.25, 0.3) is 0 Å². The van der Waals surface area contributed by atoms with Crippen molar-refractivity contribution in [3.63, 3.8) is 0 Å². The van der Waals surface area contributed by atoms with E-state index in [1.165, 1.54) is 24.3 Å². The van der Waals surface area contributed by atoms with Crippen LogP contribution >= 0.6 is 21.6 Å². The molecule has 12 heavy (non-hydrogen) atoms. The van der Waals surface area contributed by atoms with Gasteiger partial charge in [0.2, 0.25) is 0 Å². The van der Waals surface area contributed by atoms with Crippen molar-refractivity contribution in [1.29, 1.82) is 0 Å². The summed E-state index contributed by atoms with van der Waals surface area (Å²) in [5.74, 6) is 2.76. The second-order valence-electron chi connectivity index (χ2n) is 2.25. The molecule has 1 saturated heterocycles. The molecule has 0 spiro atoms. The minimum atomic E-state index is 1.38. The molecule has 2 rings (SSSR count). The van der Waals surface area contributed by atoms with Crippen molar-refractivity contribution in [2.24, 2.45) is 0 Å². The van der Waals surface area contributed by atoms with Crippen LogP contribution in [0, 0.1) is 0 Å². The Morgan fingerprint density at radius 3 is 1.33 bits per heavy atom. The lowest BCUT2D eigenvalue weighted by Crippen LogP contribution is -1.86. The molecule has 0 amide bonds. The third kappa shape index (κ3) is 5.43. The van der Waals surface area contributed by atoms with E-state index in [1.54, 1.807) is 24.8 Å². The first kappa shape index (κ1) is 9.86. The summed E-state index contributed by atoms with van der Waals surface area (Å²) in [6.07, 6.45) is 9.44. The first-order chi connectivity index (χ1) is 6.00. The maximum Gasteiger partial charge on any atom is 0.0451 e. The van der Waals surface area contributed by atoms with Gasteiger partial charge in [-0.25, -0.2) is 0 Å². The number of aromatic nitrogens is 2. The van der Waals surface area contributed by atoms with E-state index in [0.717, 1.165) is 0 Å². The molecule has 0 saturated carbocycles. The van der Waals surface area contributed by atoms with Crippen LogP contribution < -0.4 is 0 Å². The topological polar surface area (TPSA) is 25.8 Å². The van der Waals surface area contributed by atoms with Crippen LogP contribution in [0.2, 0.25) is 0 Å². The number of hydrogen-bond donors (Lipinski definition) is 0. The van der Waals surface area contributed by atoms with Crippen molar-refractivity contribution < 1.29 is 0 Å². The second-order valence-corrected chi connectivity index (χ2v) is 4.95. The van der Waals surface area contributed by atoms with Gasteiger partial charge in [-0.2, -0.15) is 0 Å². The Labute approximate surface area is 81.0 Å². The Morgan fingerprint density at radius 2 is 1.17 bits per heavy atom. The minimum absolute atomic E-state index is 1.38. The number of rotatable bonds is 0. The maximum atomic E-state index is 3.72. The SMILES string of the molecule is C1CCSSC1.c1cnccn1. The average Bonchev–Trinajstić information content (AvgIpc) is 2.24. The predicted molar refractivity (Wildman–Crippen MR) is 56.2 cm³/mol. The van der Waals surface area contributed by atoms with E-state index in [-0.39, 0.29) is 0 Å². The summed E-state index contributed by atoms with van der Waals surface area (Å²) in [6, 6.07) is 0. The quantitative estimate of drug-likeness (QED) is 0.601. The van der Waals surface area contributed by atoms with E-state index in [4.69, 9.17) is 0 Å². The molecular formula is C8H12N2S2. The Morgan fingerprint density at radius 1 is 0.750 bits per heavy atom. The minimum Gasteiger partial charge on any atom is -0.262 e. The predicted octanol–water partition coefficient (Wildman–Crippen LogP) is 2.64. The molecule has 1 aliphatic heterocycles. The Balaban J connectivity index is 0.000000120. The van der Waals surface area contributed by atoms with Gasteiger partial charge in [0.15, 0.2) is 0 Å². The lowest BCUT2D eigenvalue weighted by Gasteiger charge is -2.04. The van der Waals surface area contributed by atoms with Gasteiger partial charge in [0.25, 0.3) is 0 Å². The molecule has 0 bridgehead atoms. The fraction of sp³-hybridized carbons (Fsp3) is 0.500. The molecule has 1 fully saturated rings. The van der Waals surface area contributed by atoms with Crippen LogP contribution in [0.5, 0.6) is 0 Å². The van der Waals surface area contributed by atoms with E-state index in [0.29, 0.717) is 0 Å². The Hall–Kier alpha value is -0.220. The molecule has 1 aliphatic rings. The van der Waals surface area contributed by atoms with Gasteiger partial charge in [-0.3, -0.25) is 9.97 Å². The van der Waals surface area contributed by atoms with Crippen LogP contribution in [0.15, 0.2) is 24.8 Å². The molecule has 4 heteroatoms. The summed E-state index contributed by atoms with van der Waals surface area (Å²) >= 11 is 0. The first-order valence-electron chi connectivity index (χ1n) is 3.94. The van der Waals surface area contributed by atoms with Gasteiger partial charge in [-0.15, -0.1) is 0 Å². The van der Waals surface area contributed by atoms with Crippen LogP contribution in [0.1, 0.15) is 12.8 Å². The van der Waals surface area contributed by atoms with E-state index < -0.39 is 0 Å². The van der Waals surface area contributed by atoms with Crippen LogP contribution in [0.4, 0.5) is 0 Å². The van der Waals surface area contributed by atoms with Gasteiger partial charge in [0.1, 0.15) is 0 Å². The molecular weight excluding hydrogens is 188 g/mol. The molecule has 0 radical (unpaired) electrons. The number of nitrogens with zero attached hydrogens (tertiary/aromatic N) is 2. The third-order valence-corrected chi connectivity index (χ3v) is 3.84. The highest BCUT2D eigenvalue weighted by Gasteiger charge is 1.96. The van der Waals surface area contributed by atoms with Crippen molar-refractivity contribution in [3.05, 3.63) is 24.8 Å². The van der Waals surface area contributed by atoms with Crippen LogP contribution in [0.3, 0.4) is 0 Å². The van der Waals surface area contributed by atoms with Crippen LogP contribution in [-0.4, -0.2) is 21.5 Å². The van der Waals surface area contributed by atoms with Crippen molar-refractivity contribution >= 4 is 21.6 Å². The molecule has 1 aromatic heterocycles. The zero-order chi connectivity index (χ0) is 8.49. The van der Waals surface area contributed by atoms with Gasteiger partial charge in [-0.05, 0) is 12.8 Å². The zero-order valence-corrected chi connectivity index (χ0v) is 8.48. The second kappa shape index (κ2) is 7.43. The third-order valence-electron chi connectivity index (χ3n) is 1.27. The monoisotopic (exact) mass is 200 g/mol. The largest absolute Gasteiger partial charge is 0.262 e. The molecule has 2 nitrogen and oxygen atoms in total. The lowest BCUT2D eigenvalue weighted by molar-refractivity contribution is 0.906. The molecule has 0 aliphatic carbocycles. The molecule has 1 aromatic rings. The Kier molecular flexibility index (Phi) is 6.11. The van der Waals surface area contributed by atoms with Gasteiger partial charge in [-0.1, -0.05) is 21.6 Å². The van der Waals surface area contributed by atoms with Gasteiger partial charge in [0, 0.05) is 36.3 Å². The van der Waals surface area contributed by atoms with Gasteiger partial charge in [0.05, 0.1) is 0 Å². The summed E-state index contributed by atoms with van der Waals surface area (Å²) in [6.45, 7) is 0. The summed E-state index contributed by atoms with van der Waals surface area (Å²) in [4.78, 5) is 7.44. The summed E-state index contributed by atoms with van der Waals surface area (Å²) in [7, 11) is 4.02. The fourth-order valence-corrected chi connectivity index (χ4v) is 2.99. The average molecular weight is 200 g/mol. The molecule has 0 atom stereocenters. The van der Waals surface area contributed by atoms with Crippen molar-refractivity contribution in [1.82, 2.24) is 9.97 Å². The number of hydrogen-bond acceptors (Lipinski definition) is 4. The zero-order valence-electron chi connectivity index (χ0n) is 6.85. The summed E-state index contributed by atoms with van der Waals surface area (Å²) in [5.41, 5.74) is 0. The molecule has 0 unspecified atom stereocenters. The van der Waals surface area contributed by atoms with Crippen molar-refractivity contribution in [2.45, 2.75) is 12.8 Å². The highest BCUT2D eigenvalue weighted by atomic mass is 33.1. The smallest absolute Gasteiger partial charge is 0.0451 e. The van der Waals surface area contributed by atoms with Gasteiger partial charge >= 0.3 is 0 Å². The van der Waals surface area contributed by atoms with E-state index >= 15 is 0 Å². The molecule has 0 N–H and O–H groups in total. The Bertz CT molecular complexity index is 139. The first-order valence-corrected chi connectivity index (χ1v) is 6.43. The van der Waals surface area contributed by atoms with E-state index in [9.17, 15) is 0 Å². The fourth-order valence-electron chi connectivity index (χ4n) is 0.693. The summed E-state index contributed by atoms with van der Waals surface area (Å²) < 4.78 is 0. The molecule has 2 heterocycles. The normalized spacial score (nSPS) is 16.0.